The molecule has 0 heterocycles. The van der Waals surface area contributed by atoms with Crippen molar-refractivity contribution in [1.29, 1.82) is 0 Å². The van der Waals surface area contributed by atoms with Crippen LogP contribution in [0, 0.1) is 0 Å². The highest BCUT2D eigenvalue weighted by Crippen LogP contribution is 2.05. The van der Waals surface area contributed by atoms with Crippen LogP contribution in [-0.4, -0.2) is 19.3 Å². The van der Waals surface area contributed by atoms with Gasteiger partial charge in [-0.2, -0.15) is 0 Å². The number of nitrogens with one attached hydrogen (secondary N) is 1. The van der Waals surface area contributed by atoms with Crippen LogP contribution in [0.25, 0.3) is 0 Å². The summed E-state index contributed by atoms with van der Waals surface area (Å²) in [6.07, 6.45) is 1.53. The molecule has 0 unspecified atom stereocenters. The molecular weight excluding hydrogens is 194 g/mol. The molecule has 4 nitrogen and oxygen atoms in total. The third kappa shape index (κ3) is 3.91. The zero-order valence-corrected chi connectivity index (χ0v) is 8.53. The second-order valence-electron chi connectivity index (χ2n) is 3.09. The lowest BCUT2D eigenvalue weighted by Gasteiger charge is -2.02. The van der Waals surface area contributed by atoms with Gasteiger partial charge in [-0.05, 0) is 11.1 Å². The number of hydrogen-bond donors (Lipinski definition) is 1. The van der Waals surface area contributed by atoms with E-state index < -0.39 is 0 Å². The predicted molar refractivity (Wildman–Crippen MR) is 55.1 cm³/mol. The van der Waals surface area contributed by atoms with E-state index in [4.69, 9.17) is 0 Å². The molecule has 1 rings (SSSR count). The molecule has 0 aliphatic carbocycles. The van der Waals surface area contributed by atoms with Gasteiger partial charge in [-0.15, -0.1) is 0 Å². The summed E-state index contributed by atoms with van der Waals surface area (Å²) in [6, 6.07) is 7.33. The van der Waals surface area contributed by atoms with E-state index in [0.29, 0.717) is 6.42 Å². The molecule has 80 valence electrons. The third-order valence-corrected chi connectivity index (χ3v) is 1.92. The van der Waals surface area contributed by atoms with Gasteiger partial charge in [0, 0.05) is 6.42 Å². The zero-order valence-electron chi connectivity index (χ0n) is 8.53. The quantitative estimate of drug-likeness (QED) is 0.569. The van der Waals surface area contributed by atoms with Crippen molar-refractivity contribution in [3.05, 3.63) is 35.4 Å². The highest BCUT2D eigenvalue weighted by molar-refractivity contribution is 5.77. The molecule has 0 saturated carbocycles. The third-order valence-electron chi connectivity index (χ3n) is 1.92. The fourth-order valence-electron chi connectivity index (χ4n) is 1.22. The Labute approximate surface area is 88.2 Å². The first-order valence-electron chi connectivity index (χ1n) is 4.59. The van der Waals surface area contributed by atoms with Gasteiger partial charge in [-0.25, -0.2) is 5.48 Å². The first-order chi connectivity index (χ1) is 7.26. The maximum atomic E-state index is 11.1. The van der Waals surface area contributed by atoms with Crippen LogP contribution in [-0.2, 0) is 27.3 Å². The zero-order chi connectivity index (χ0) is 11.1. The van der Waals surface area contributed by atoms with E-state index in [9.17, 15) is 9.59 Å². The molecule has 1 amide bonds. The Morgan fingerprint density at radius 1 is 1.33 bits per heavy atom. The average Bonchev–Trinajstić information content (AvgIpc) is 2.22. The molecular formula is C11H13NO3. The van der Waals surface area contributed by atoms with Crippen LogP contribution in [0.2, 0.25) is 0 Å². The molecule has 0 atom stereocenters. The number of carbonyl (C=O) groups is 2. The van der Waals surface area contributed by atoms with Gasteiger partial charge in [0.05, 0.1) is 13.5 Å². The number of amides is 1. The van der Waals surface area contributed by atoms with Crippen LogP contribution in [0.1, 0.15) is 11.1 Å². The molecule has 0 radical (unpaired) electrons. The van der Waals surface area contributed by atoms with Crippen molar-refractivity contribution >= 4 is 12.2 Å². The van der Waals surface area contributed by atoms with Crippen molar-refractivity contribution in [3.8, 4) is 0 Å². The molecule has 1 N–H and O–H groups in total. The number of rotatable bonds is 5. The van der Waals surface area contributed by atoms with Gasteiger partial charge in [0.25, 0.3) is 0 Å². The number of aldehydes is 1. The first kappa shape index (κ1) is 11.4. The lowest BCUT2D eigenvalue weighted by atomic mass is 10.1. The van der Waals surface area contributed by atoms with Gasteiger partial charge in [-0.1, -0.05) is 24.3 Å². The summed E-state index contributed by atoms with van der Waals surface area (Å²) < 4.78 is 0. The van der Waals surface area contributed by atoms with Gasteiger partial charge >= 0.3 is 0 Å². The Morgan fingerprint density at radius 2 is 1.93 bits per heavy atom. The molecule has 0 bridgehead atoms. The molecule has 0 aliphatic rings. The van der Waals surface area contributed by atoms with E-state index in [1.165, 1.54) is 7.11 Å². The van der Waals surface area contributed by atoms with Gasteiger partial charge < -0.3 is 4.79 Å². The van der Waals surface area contributed by atoms with Crippen molar-refractivity contribution in [2.45, 2.75) is 12.8 Å². The Kier molecular flexibility index (Phi) is 4.50. The molecule has 0 saturated heterocycles. The van der Waals surface area contributed by atoms with Crippen LogP contribution >= 0.6 is 0 Å². The Balaban J connectivity index is 2.56. The summed E-state index contributed by atoms with van der Waals surface area (Å²) in [5, 5.41) is 0. The summed E-state index contributed by atoms with van der Waals surface area (Å²) in [6.45, 7) is 0. The van der Waals surface area contributed by atoms with Gasteiger partial charge in [0.2, 0.25) is 5.91 Å². The Bertz CT molecular complexity index is 332. The standard InChI is InChI=1S/C11H13NO3/c1-15-12-11(14)8-10-4-2-9(3-5-10)6-7-13/h2-5,7H,6,8H2,1H3,(H,12,14). The minimum atomic E-state index is -0.194. The Hall–Kier alpha value is -1.68. The van der Waals surface area contributed by atoms with Crippen molar-refractivity contribution in [2.75, 3.05) is 7.11 Å². The first-order valence-corrected chi connectivity index (χ1v) is 4.59. The summed E-state index contributed by atoms with van der Waals surface area (Å²) in [7, 11) is 1.39. The smallest absolute Gasteiger partial charge is 0.247 e. The van der Waals surface area contributed by atoms with E-state index in [1.807, 2.05) is 24.3 Å². The van der Waals surface area contributed by atoms with E-state index in [1.54, 1.807) is 0 Å². The number of hydroxylamine groups is 1. The van der Waals surface area contributed by atoms with Gasteiger partial charge in [0.1, 0.15) is 6.29 Å². The Morgan fingerprint density at radius 3 is 2.47 bits per heavy atom. The maximum absolute atomic E-state index is 11.1. The van der Waals surface area contributed by atoms with Crippen molar-refractivity contribution in [2.24, 2.45) is 0 Å². The lowest BCUT2D eigenvalue weighted by Crippen LogP contribution is -2.23. The summed E-state index contributed by atoms with van der Waals surface area (Å²) >= 11 is 0. The molecule has 0 spiro atoms. The van der Waals surface area contributed by atoms with Gasteiger partial charge in [0.15, 0.2) is 0 Å². The van der Waals surface area contributed by atoms with Gasteiger partial charge in [-0.3, -0.25) is 9.63 Å². The van der Waals surface area contributed by atoms with Crippen LogP contribution < -0.4 is 5.48 Å². The molecule has 0 fully saturated rings. The normalized spacial score (nSPS) is 9.67. The number of carbonyl (C=O) groups excluding carboxylic acids is 2. The molecule has 4 heteroatoms. The molecule has 0 aromatic heterocycles. The fraction of sp³-hybridized carbons (Fsp3) is 0.273. The van der Waals surface area contributed by atoms with E-state index in [2.05, 4.69) is 10.3 Å². The number of hydrogen-bond acceptors (Lipinski definition) is 3. The largest absolute Gasteiger partial charge is 0.303 e. The second kappa shape index (κ2) is 5.93. The van der Waals surface area contributed by atoms with Crippen LogP contribution in [0.5, 0.6) is 0 Å². The summed E-state index contributed by atoms with van der Waals surface area (Å²) in [4.78, 5) is 25.9. The molecule has 15 heavy (non-hydrogen) atoms. The minimum Gasteiger partial charge on any atom is -0.303 e. The monoisotopic (exact) mass is 207 g/mol. The summed E-state index contributed by atoms with van der Waals surface area (Å²) in [5.74, 6) is -0.194. The highest BCUT2D eigenvalue weighted by Gasteiger charge is 2.02. The second-order valence-corrected chi connectivity index (χ2v) is 3.09. The molecule has 0 aliphatic heterocycles. The molecule has 1 aromatic rings. The number of benzene rings is 1. The van der Waals surface area contributed by atoms with E-state index in [0.717, 1.165) is 17.4 Å². The van der Waals surface area contributed by atoms with E-state index >= 15 is 0 Å². The lowest BCUT2D eigenvalue weighted by molar-refractivity contribution is -0.130. The van der Waals surface area contributed by atoms with Crippen molar-refractivity contribution in [1.82, 2.24) is 5.48 Å². The summed E-state index contributed by atoms with van der Waals surface area (Å²) in [5.41, 5.74) is 4.07. The van der Waals surface area contributed by atoms with Crippen molar-refractivity contribution in [3.63, 3.8) is 0 Å². The van der Waals surface area contributed by atoms with Crippen LogP contribution in [0.15, 0.2) is 24.3 Å². The fourth-order valence-corrected chi connectivity index (χ4v) is 1.22. The minimum absolute atomic E-state index is 0.194. The topological polar surface area (TPSA) is 55.4 Å². The highest BCUT2D eigenvalue weighted by atomic mass is 16.6. The average molecular weight is 207 g/mol. The predicted octanol–water partition coefficient (Wildman–Crippen LogP) is 0.648. The maximum Gasteiger partial charge on any atom is 0.247 e. The molecule has 1 aromatic carbocycles. The van der Waals surface area contributed by atoms with Crippen molar-refractivity contribution < 1.29 is 14.4 Å². The van der Waals surface area contributed by atoms with Crippen LogP contribution in [0.4, 0.5) is 0 Å². The SMILES string of the molecule is CONC(=O)Cc1ccc(CC=O)cc1. The van der Waals surface area contributed by atoms with Crippen LogP contribution in [0.3, 0.4) is 0 Å². The van der Waals surface area contributed by atoms with E-state index in [-0.39, 0.29) is 12.3 Å².